The van der Waals surface area contributed by atoms with Gasteiger partial charge in [-0.2, -0.15) is 0 Å². The zero-order chi connectivity index (χ0) is 15.1. The van der Waals surface area contributed by atoms with Crippen LogP contribution in [0.3, 0.4) is 0 Å². The maximum absolute atomic E-state index is 6.47. The standard InChI is InChI=1S/C17H34OSi/c1-13-10-11-14(2)17(6,7)15(13)12-18-19(8,9)16(3,4)5/h14-15H,1,10-12H2,2-9H3/t14-,15+/m1/s1. The smallest absolute Gasteiger partial charge is 0.192 e. The van der Waals surface area contributed by atoms with E-state index in [1.54, 1.807) is 0 Å². The van der Waals surface area contributed by atoms with Gasteiger partial charge in [0.15, 0.2) is 8.32 Å². The molecule has 0 heterocycles. The van der Waals surface area contributed by atoms with E-state index in [4.69, 9.17) is 4.43 Å². The van der Waals surface area contributed by atoms with Crippen molar-refractivity contribution in [3.8, 4) is 0 Å². The molecule has 2 heteroatoms. The fourth-order valence-electron chi connectivity index (χ4n) is 2.66. The molecule has 1 saturated carbocycles. The third-order valence-corrected chi connectivity index (χ3v) is 10.5. The minimum atomic E-state index is -1.64. The molecule has 19 heavy (non-hydrogen) atoms. The molecule has 1 nitrogen and oxygen atoms in total. The maximum atomic E-state index is 6.47. The van der Waals surface area contributed by atoms with Gasteiger partial charge in [-0.25, -0.2) is 0 Å². The molecule has 1 aliphatic rings. The normalized spacial score (nSPS) is 28.5. The van der Waals surface area contributed by atoms with Gasteiger partial charge in [0.1, 0.15) is 0 Å². The van der Waals surface area contributed by atoms with Crippen molar-refractivity contribution in [2.24, 2.45) is 17.3 Å². The van der Waals surface area contributed by atoms with E-state index in [1.807, 2.05) is 0 Å². The first-order valence-electron chi connectivity index (χ1n) is 7.71. The van der Waals surface area contributed by atoms with Crippen LogP contribution in [-0.4, -0.2) is 14.9 Å². The Labute approximate surface area is 122 Å². The fourth-order valence-corrected chi connectivity index (χ4v) is 3.67. The minimum Gasteiger partial charge on any atom is -0.416 e. The first kappa shape index (κ1) is 17.0. The van der Waals surface area contributed by atoms with E-state index in [1.165, 1.54) is 18.4 Å². The Kier molecular flexibility index (Phi) is 4.79. The topological polar surface area (TPSA) is 9.23 Å². The molecule has 2 atom stereocenters. The molecular formula is C17H34OSi. The largest absolute Gasteiger partial charge is 0.416 e. The molecule has 0 amide bonds. The number of hydrogen-bond acceptors (Lipinski definition) is 1. The van der Waals surface area contributed by atoms with Gasteiger partial charge in [-0.3, -0.25) is 0 Å². The van der Waals surface area contributed by atoms with E-state index >= 15 is 0 Å². The van der Waals surface area contributed by atoms with Gasteiger partial charge in [-0.05, 0) is 42.3 Å². The summed E-state index contributed by atoms with van der Waals surface area (Å²) in [6.45, 7) is 24.0. The molecule has 0 bridgehead atoms. The lowest BCUT2D eigenvalue weighted by Gasteiger charge is -2.47. The molecule has 0 unspecified atom stereocenters. The number of rotatable bonds is 3. The predicted octanol–water partition coefficient (Wildman–Crippen LogP) is 5.64. The molecule has 0 aromatic rings. The van der Waals surface area contributed by atoms with Gasteiger partial charge in [0.2, 0.25) is 0 Å². The molecule has 112 valence electrons. The quantitative estimate of drug-likeness (QED) is 0.481. The molecule has 0 aromatic heterocycles. The first-order chi connectivity index (χ1) is 8.39. The molecule has 0 saturated heterocycles. The Morgan fingerprint density at radius 3 is 2.32 bits per heavy atom. The SMILES string of the molecule is C=C1CC[C@@H](C)C(C)(C)[C@H]1CO[Si](C)(C)C(C)(C)C. The van der Waals surface area contributed by atoms with E-state index in [9.17, 15) is 0 Å². The Bertz CT molecular complexity index is 336. The summed E-state index contributed by atoms with van der Waals surface area (Å²) in [4.78, 5) is 0. The molecule has 0 N–H and O–H groups in total. The fraction of sp³-hybridized carbons (Fsp3) is 0.882. The second-order valence-corrected chi connectivity index (χ2v) is 13.4. The van der Waals surface area contributed by atoms with Crippen LogP contribution in [0.2, 0.25) is 18.1 Å². The highest BCUT2D eigenvalue weighted by molar-refractivity contribution is 6.74. The summed E-state index contributed by atoms with van der Waals surface area (Å²) in [5, 5.41) is 0.290. The van der Waals surface area contributed by atoms with Crippen LogP contribution >= 0.6 is 0 Å². The van der Waals surface area contributed by atoms with Crippen molar-refractivity contribution in [3.63, 3.8) is 0 Å². The highest BCUT2D eigenvalue weighted by Crippen LogP contribution is 2.48. The van der Waals surface area contributed by atoms with Crippen LogP contribution in [0.4, 0.5) is 0 Å². The van der Waals surface area contributed by atoms with Crippen molar-refractivity contribution in [2.45, 2.75) is 72.5 Å². The Hall–Kier alpha value is -0.0831. The van der Waals surface area contributed by atoms with Gasteiger partial charge in [-0.15, -0.1) is 0 Å². The third-order valence-electron chi connectivity index (χ3n) is 5.98. The lowest BCUT2D eigenvalue weighted by Crippen LogP contribution is -2.45. The van der Waals surface area contributed by atoms with Crippen molar-refractivity contribution in [1.82, 2.24) is 0 Å². The summed E-state index contributed by atoms with van der Waals surface area (Å²) in [6, 6.07) is 0. The van der Waals surface area contributed by atoms with Crippen molar-refractivity contribution in [2.75, 3.05) is 6.61 Å². The highest BCUT2D eigenvalue weighted by atomic mass is 28.4. The highest BCUT2D eigenvalue weighted by Gasteiger charge is 2.43. The van der Waals surface area contributed by atoms with E-state index in [0.717, 1.165) is 12.5 Å². The summed E-state index contributed by atoms with van der Waals surface area (Å²) in [5.74, 6) is 1.27. The molecule has 1 fully saturated rings. The lowest BCUT2D eigenvalue weighted by molar-refractivity contribution is 0.0690. The summed E-state index contributed by atoms with van der Waals surface area (Å²) in [5.41, 5.74) is 1.72. The maximum Gasteiger partial charge on any atom is 0.192 e. The Morgan fingerprint density at radius 1 is 1.32 bits per heavy atom. The molecule has 1 aliphatic carbocycles. The van der Waals surface area contributed by atoms with Gasteiger partial charge in [0.05, 0.1) is 0 Å². The zero-order valence-corrected chi connectivity index (χ0v) is 15.4. The van der Waals surface area contributed by atoms with Crippen LogP contribution in [0.5, 0.6) is 0 Å². The molecule has 1 rings (SSSR count). The molecule has 0 aromatic carbocycles. The average Bonchev–Trinajstić information content (AvgIpc) is 2.22. The number of hydrogen-bond donors (Lipinski definition) is 0. The van der Waals surface area contributed by atoms with Crippen molar-refractivity contribution in [1.29, 1.82) is 0 Å². The van der Waals surface area contributed by atoms with Gasteiger partial charge >= 0.3 is 0 Å². The lowest BCUT2D eigenvalue weighted by atomic mass is 9.61. The first-order valence-corrected chi connectivity index (χ1v) is 10.6. The van der Waals surface area contributed by atoms with Crippen molar-refractivity contribution >= 4 is 8.32 Å². The van der Waals surface area contributed by atoms with Crippen molar-refractivity contribution < 1.29 is 4.43 Å². The molecule has 0 radical (unpaired) electrons. The van der Waals surface area contributed by atoms with E-state index < -0.39 is 8.32 Å². The van der Waals surface area contributed by atoms with Crippen LogP contribution < -0.4 is 0 Å². The van der Waals surface area contributed by atoms with Gasteiger partial charge in [0.25, 0.3) is 0 Å². The summed E-state index contributed by atoms with van der Waals surface area (Å²) >= 11 is 0. The van der Waals surface area contributed by atoms with E-state index in [-0.39, 0.29) is 0 Å². The van der Waals surface area contributed by atoms with Crippen LogP contribution in [0.1, 0.15) is 54.4 Å². The second kappa shape index (κ2) is 5.36. The van der Waals surface area contributed by atoms with Crippen LogP contribution in [0.25, 0.3) is 0 Å². The minimum absolute atomic E-state index is 0.290. The van der Waals surface area contributed by atoms with Crippen LogP contribution in [-0.2, 0) is 4.43 Å². The predicted molar refractivity (Wildman–Crippen MR) is 88.0 cm³/mol. The average molecular weight is 283 g/mol. The summed E-state index contributed by atoms with van der Waals surface area (Å²) < 4.78 is 6.47. The molecule has 0 aliphatic heterocycles. The monoisotopic (exact) mass is 282 g/mol. The zero-order valence-electron chi connectivity index (χ0n) is 14.4. The summed E-state index contributed by atoms with van der Waals surface area (Å²) in [7, 11) is -1.64. The Balaban J connectivity index is 2.78. The molecular weight excluding hydrogens is 248 g/mol. The summed E-state index contributed by atoms with van der Waals surface area (Å²) in [6.07, 6.45) is 2.46. The third kappa shape index (κ3) is 3.52. The van der Waals surface area contributed by atoms with E-state index in [0.29, 0.717) is 16.4 Å². The van der Waals surface area contributed by atoms with Crippen LogP contribution in [0.15, 0.2) is 12.2 Å². The Morgan fingerprint density at radius 2 is 1.84 bits per heavy atom. The van der Waals surface area contributed by atoms with Gasteiger partial charge in [-0.1, -0.05) is 53.7 Å². The second-order valence-electron chi connectivity index (χ2n) is 8.54. The van der Waals surface area contributed by atoms with Crippen LogP contribution in [0, 0.1) is 17.3 Å². The molecule has 0 spiro atoms. The van der Waals surface area contributed by atoms with E-state index in [2.05, 4.69) is 61.2 Å². The van der Waals surface area contributed by atoms with Gasteiger partial charge < -0.3 is 4.43 Å². The van der Waals surface area contributed by atoms with Crippen molar-refractivity contribution in [3.05, 3.63) is 12.2 Å². The van der Waals surface area contributed by atoms with Gasteiger partial charge in [0, 0.05) is 12.5 Å².